The third-order valence-electron chi connectivity index (χ3n) is 2.73. The van der Waals surface area contributed by atoms with E-state index in [-0.39, 0.29) is 11.9 Å². The van der Waals surface area contributed by atoms with Gasteiger partial charge in [0.2, 0.25) is 5.91 Å². The van der Waals surface area contributed by atoms with Gasteiger partial charge in [-0.25, -0.2) is 0 Å². The first-order chi connectivity index (χ1) is 9.21. The number of methoxy groups -OCH3 is 2. The van der Waals surface area contributed by atoms with Gasteiger partial charge in [-0.2, -0.15) is 0 Å². The van der Waals surface area contributed by atoms with Crippen LogP contribution in [0.1, 0.15) is 12.0 Å². The molecule has 1 unspecified atom stereocenters. The Labute approximate surface area is 122 Å². The van der Waals surface area contributed by atoms with Crippen molar-refractivity contribution in [2.45, 2.75) is 18.9 Å². The second-order valence-corrected chi connectivity index (χ2v) is 4.98. The molecule has 1 atom stereocenters. The van der Waals surface area contributed by atoms with E-state index in [4.69, 9.17) is 9.47 Å². The van der Waals surface area contributed by atoms with Gasteiger partial charge in [0.25, 0.3) is 0 Å². The number of halogens is 1. The van der Waals surface area contributed by atoms with Crippen molar-refractivity contribution in [1.29, 1.82) is 0 Å². The van der Waals surface area contributed by atoms with E-state index < -0.39 is 0 Å². The van der Waals surface area contributed by atoms with E-state index in [0.717, 1.165) is 23.1 Å². The number of hydrogen-bond donors (Lipinski definition) is 1. The molecular weight excluding hydrogens is 310 g/mol. The lowest BCUT2D eigenvalue weighted by Crippen LogP contribution is -2.39. The Hall–Kier alpha value is -1.07. The molecule has 0 radical (unpaired) electrons. The number of para-hydroxylation sites is 1. The molecule has 0 saturated carbocycles. The van der Waals surface area contributed by atoms with E-state index in [1.165, 1.54) is 0 Å². The molecule has 0 aliphatic rings. The lowest BCUT2D eigenvalue weighted by Gasteiger charge is -2.17. The first kappa shape index (κ1) is 16.0. The first-order valence-corrected chi connectivity index (χ1v) is 7.29. The Bertz CT molecular complexity index is 392. The van der Waals surface area contributed by atoms with Crippen LogP contribution in [0.25, 0.3) is 0 Å². The molecule has 19 heavy (non-hydrogen) atoms. The van der Waals surface area contributed by atoms with Gasteiger partial charge in [0.15, 0.2) is 0 Å². The Balaban J connectivity index is 2.58. The number of rotatable bonds is 8. The highest BCUT2D eigenvalue weighted by Crippen LogP contribution is 2.17. The summed E-state index contributed by atoms with van der Waals surface area (Å²) in [5, 5.41) is 3.80. The van der Waals surface area contributed by atoms with Crippen molar-refractivity contribution in [2.75, 3.05) is 26.2 Å². The molecule has 106 valence electrons. The van der Waals surface area contributed by atoms with Crippen LogP contribution >= 0.6 is 15.9 Å². The lowest BCUT2D eigenvalue weighted by atomic mass is 10.1. The number of alkyl halides is 1. The molecule has 1 N–H and O–H groups in total. The normalized spacial score (nSPS) is 11.9. The van der Waals surface area contributed by atoms with Crippen molar-refractivity contribution in [2.24, 2.45) is 0 Å². The van der Waals surface area contributed by atoms with Gasteiger partial charge >= 0.3 is 0 Å². The number of carbonyl (C=O) groups is 1. The molecule has 1 rings (SSSR count). The van der Waals surface area contributed by atoms with Gasteiger partial charge in [-0.3, -0.25) is 4.79 Å². The molecule has 1 amide bonds. The summed E-state index contributed by atoms with van der Waals surface area (Å²) in [6, 6.07) is 7.57. The van der Waals surface area contributed by atoms with E-state index in [0.29, 0.717) is 13.0 Å². The summed E-state index contributed by atoms with van der Waals surface area (Å²) in [6.45, 7) is 0.517. The highest BCUT2D eigenvalue weighted by atomic mass is 79.9. The lowest BCUT2D eigenvalue weighted by molar-refractivity contribution is -0.121. The van der Waals surface area contributed by atoms with Gasteiger partial charge in [0.1, 0.15) is 5.75 Å². The van der Waals surface area contributed by atoms with Crippen LogP contribution in [0, 0.1) is 0 Å². The van der Waals surface area contributed by atoms with Crippen LogP contribution < -0.4 is 10.1 Å². The van der Waals surface area contributed by atoms with Crippen molar-refractivity contribution in [3.05, 3.63) is 29.8 Å². The molecular formula is C14H20BrNO3. The summed E-state index contributed by atoms with van der Waals surface area (Å²) >= 11 is 3.37. The summed E-state index contributed by atoms with van der Waals surface area (Å²) in [4.78, 5) is 12.0. The van der Waals surface area contributed by atoms with E-state index in [9.17, 15) is 4.79 Å². The number of carbonyl (C=O) groups excluding carboxylic acids is 1. The van der Waals surface area contributed by atoms with Crippen LogP contribution in [0.2, 0.25) is 0 Å². The minimum absolute atomic E-state index is 0.0208. The van der Waals surface area contributed by atoms with Gasteiger partial charge in [-0.15, -0.1) is 0 Å². The summed E-state index contributed by atoms with van der Waals surface area (Å²) < 4.78 is 10.3. The topological polar surface area (TPSA) is 47.6 Å². The van der Waals surface area contributed by atoms with Gasteiger partial charge in [-0.05, 0) is 12.5 Å². The van der Waals surface area contributed by atoms with Gasteiger partial charge < -0.3 is 14.8 Å². The van der Waals surface area contributed by atoms with Crippen LogP contribution in [0.15, 0.2) is 24.3 Å². The number of ether oxygens (including phenoxy) is 2. The summed E-state index contributed by atoms with van der Waals surface area (Å²) in [5.74, 6) is 0.717. The number of benzene rings is 1. The molecule has 5 heteroatoms. The number of nitrogens with one attached hydrogen (secondary N) is 1. The molecule has 0 aliphatic carbocycles. The van der Waals surface area contributed by atoms with Crippen LogP contribution in [0.3, 0.4) is 0 Å². The Morgan fingerprint density at radius 2 is 2.11 bits per heavy atom. The second kappa shape index (κ2) is 8.93. The molecule has 0 spiro atoms. The Morgan fingerprint density at radius 3 is 2.74 bits per heavy atom. The molecule has 0 aliphatic heterocycles. The van der Waals surface area contributed by atoms with E-state index >= 15 is 0 Å². The largest absolute Gasteiger partial charge is 0.496 e. The molecule has 0 saturated heterocycles. The van der Waals surface area contributed by atoms with Gasteiger partial charge in [-0.1, -0.05) is 34.1 Å². The summed E-state index contributed by atoms with van der Waals surface area (Å²) in [5.41, 5.74) is 0.887. The third kappa shape index (κ3) is 5.61. The highest BCUT2D eigenvalue weighted by Gasteiger charge is 2.13. The minimum Gasteiger partial charge on any atom is -0.496 e. The van der Waals surface area contributed by atoms with Crippen molar-refractivity contribution in [3.8, 4) is 5.75 Å². The molecule has 0 bridgehead atoms. The average molecular weight is 330 g/mol. The predicted molar refractivity (Wildman–Crippen MR) is 78.9 cm³/mol. The smallest absolute Gasteiger partial charge is 0.224 e. The van der Waals surface area contributed by atoms with Gasteiger partial charge in [0, 0.05) is 18.0 Å². The van der Waals surface area contributed by atoms with Crippen molar-refractivity contribution >= 4 is 21.8 Å². The third-order valence-corrected chi connectivity index (χ3v) is 3.19. The Kier molecular flexibility index (Phi) is 7.52. The van der Waals surface area contributed by atoms with E-state index in [1.807, 2.05) is 24.3 Å². The second-order valence-electron chi connectivity index (χ2n) is 4.19. The maximum Gasteiger partial charge on any atom is 0.224 e. The van der Waals surface area contributed by atoms with Gasteiger partial charge in [0.05, 0.1) is 26.2 Å². The molecule has 1 aromatic carbocycles. The van der Waals surface area contributed by atoms with Crippen LogP contribution in [0.5, 0.6) is 5.75 Å². The fourth-order valence-corrected chi connectivity index (χ4v) is 2.38. The highest BCUT2D eigenvalue weighted by molar-refractivity contribution is 9.09. The van der Waals surface area contributed by atoms with E-state index in [1.54, 1.807) is 14.2 Å². The minimum atomic E-state index is -0.0208. The van der Waals surface area contributed by atoms with Crippen molar-refractivity contribution < 1.29 is 14.3 Å². The molecule has 0 fully saturated rings. The monoisotopic (exact) mass is 329 g/mol. The maximum absolute atomic E-state index is 12.0. The zero-order valence-electron chi connectivity index (χ0n) is 11.3. The van der Waals surface area contributed by atoms with Crippen LogP contribution in [-0.2, 0) is 16.0 Å². The average Bonchev–Trinajstić information content (AvgIpc) is 2.40. The fourth-order valence-electron chi connectivity index (χ4n) is 1.83. The fraction of sp³-hybridized carbons (Fsp3) is 0.500. The molecule has 0 aromatic heterocycles. The van der Waals surface area contributed by atoms with Crippen molar-refractivity contribution in [3.63, 3.8) is 0 Å². The zero-order valence-corrected chi connectivity index (χ0v) is 12.9. The summed E-state index contributed by atoms with van der Waals surface area (Å²) in [6.07, 6.45) is 1.15. The quantitative estimate of drug-likeness (QED) is 0.743. The zero-order chi connectivity index (χ0) is 14.1. The maximum atomic E-state index is 12.0. The standard InChI is InChI=1S/C14H20BrNO3/c1-18-10-12(7-8-15)16-14(17)9-11-5-3-4-6-13(11)19-2/h3-6,12H,7-10H2,1-2H3,(H,16,17). The number of amides is 1. The first-order valence-electron chi connectivity index (χ1n) is 6.17. The predicted octanol–water partition coefficient (Wildman–Crippen LogP) is 2.15. The molecule has 4 nitrogen and oxygen atoms in total. The molecule has 1 aromatic rings. The van der Waals surface area contributed by atoms with E-state index in [2.05, 4.69) is 21.2 Å². The van der Waals surface area contributed by atoms with Crippen LogP contribution in [0.4, 0.5) is 0 Å². The number of hydrogen-bond acceptors (Lipinski definition) is 3. The van der Waals surface area contributed by atoms with Crippen molar-refractivity contribution in [1.82, 2.24) is 5.32 Å². The Morgan fingerprint density at radius 1 is 1.37 bits per heavy atom. The summed E-state index contributed by atoms with van der Waals surface area (Å²) in [7, 11) is 3.24. The SMILES string of the molecule is COCC(CCBr)NC(=O)Cc1ccccc1OC. The molecule has 0 heterocycles. The van der Waals surface area contributed by atoms with Crippen LogP contribution in [-0.4, -0.2) is 38.1 Å².